The molecule has 3 N–H and O–H groups in total. The molecule has 1 aliphatic rings. The first-order chi connectivity index (χ1) is 8.00. The molecular formula is C13H18BrClN2O. The summed E-state index contributed by atoms with van der Waals surface area (Å²) in [5.74, 6) is -0.0412. The predicted molar refractivity (Wildman–Crippen MR) is 79.2 cm³/mol. The van der Waals surface area contributed by atoms with Crippen molar-refractivity contribution in [2.75, 3.05) is 6.54 Å². The maximum absolute atomic E-state index is 12.0. The number of rotatable bonds is 3. The lowest BCUT2D eigenvalue weighted by atomic mass is 9.78. The fourth-order valence-electron chi connectivity index (χ4n) is 2.00. The number of amides is 1. The average Bonchev–Trinajstić information content (AvgIpc) is 2.26. The summed E-state index contributed by atoms with van der Waals surface area (Å²) in [6.07, 6.45) is 3.18. The highest BCUT2D eigenvalue weighted by Crippen LogP contribution is 2.28. The Morgan fingerprint density at radius 3 is 2.72 bits per heavy atom. The van der Waals surface area contributed by atoms with Gasteiger partial charge in [0.25, 0.3) is 5.91 Å². The van der Waals surface area contributed by atoms with E-state index in [4.69, 9.17) is 5.73 Å². The van der Waals surface area contributed by atoms with E-state index in [0.29, 0.717) is 12.1 Å². The third kappa shape index (κ3) is 3.46. The van der Waals surface area contributed by atoms with Crippen LogP contribution in [0.4, 0.5) is 0 Å². The minimum absolute atomic E-state index is 0. The van der Waals surface area contributed by atoms with Crippen LogP contribution in [0.25, 0.3) is 0 Å². The summed E-state index contributed by atoms with van der Waals surface area (Å²) in [6.45, 7) is 2.50. The molecule has 100 valence electrons. The highest BCUT2D eigenvalue weighted by Gasteiger charge is 2.32. The lowest BCUT2D eigenvalue weighted by molar-refractivity contribution is 0.0929. The molecule has 0 atom stereocenters. The van der Waals surface area contributed by atoms with E-state index >= 15 is 0 Å². The summed E-state index contributed by atoms with van der Waals surface area (Å²) < 4.78 is 0.916. The quantitative estimate of drug-likeness (QED) is 0.893. The van der Waals surface area contributed by atoms with Crippen molar-refractivity contribution in [1.82, 2.24) is 5.32 Å². The van der Waals surface area contributed by atoms with E-state index in [1.807, 2.05) is 25.1 Å². The van der Waals surface area contributed by atoms with Crippen LogP contribution in [0.5, 0.6) is 0 Å². The number of carbonyl (C=O) groups is 1. The van der Waals surface area contributed by atoms with E-state index in [-0.39, 0.29) is 23.9 Å². The van der Waals surface area contributed by atoms with Gasteiger partial charge < -0.3 is 11.1 Å². The standard InChI is InChI=1S/C13H17BrN2O.ClH/c1-9-3-4-10(14)7-11(9)12(17)16-8-13(15)5-2-6-13;/h3-4,7H,2,5-6,8,15H2,1H3,(H,16,17);1H. The van der Waals surface area contributed by atoms with E-state index in [0.717, 1.165) is 22.9 Å². The van der Waals surface area contributed by atoms with Crippen molar-refractivity contribution in [3.63, 3.8) is 0 Å². The van der Waals surface area contributed by atoms with Gasteiger partial charge in [-0.25, -0.2) is 0 Å². The largest absolute Gasteiger partial charge is 0.350 e. The van der Waals surface area contributed by atoms with Gasteiger partial charge in [-0.3, -0.25) is 4.79 Å². The van der Waals surface area contributed by atoms with Crippen LogP contribution >= 0.6 is 28.3 Å². The molecule has 0 spiro atoms. The molecule has 0 heterocycles. The van der Waals surface area contributed by atoms with Crippen molar-refractivity contribution >= 4 is 34.2 Å². The molecule has 0 aliphatic heterocycles. The van der Waals surface area contributed by atoms with Crippen molar-refractivity contribution in [1.29, 1.82) is 0 Å². The second kappa shape index (κ2) is 6.04. The summed E-state index contributed by atoms with van der Waals surface area (Å²) >= 11 is 3.38. The molecule has 2 rings (SSSR count). The number of halogens is 2. The Morgan fingerprint density at radius 1 is 1.50 bits per heavy atom. The number of hydrogen-bond acceptors (Lipinski definition) is 2. The van der Waals surface area contributed by atoms with Gasteiger partial charge >= 0.3 is 0 Å². The van der Waals surface area contributed by atoms with Gasteiger partial charge in [-0.2, -0.15) is 0 Å². The van der Waals surface area contributed by atoms with Gasteiger partial charge in [0.15, 0.2) is 0 Å². The van der Waals surface area contributed by atoms with E-state index in [1.54, 1.807) is 0 Å². The van der Waals surface area contributed by atoms with Gasteiger partial charge in [0, 0.05) is 22.1 Å². The van der Waals surface area contributed by atoms with Crippen molar-refractivity contribution in [2.24, 2.45) is 5.73 Å². The SMILES string of the molecule is Cc1ccc(Br)cc1C(=O)NCC1(N)CCC1.Cl. The molecule has 1 amide bonds. The molecule has 0 aromatic heterocycles. The van der Waals surface area contributed by atoms with Crippen LogP contribution in [-0.2, 0) is 0 Å². The molecule has 1 aromatic carbocycles. The van der Waals surface area contributed by atoms with E-state index in [2.05, 4.69) is 21.2 Å². The molecule has 18 heavy (non-hydrogen) atoms. The number of nitrogens with two attached hydrogens (primary N) is 1. The Kier molecular flexibility index (Phi) is 5.20. The molecule has 5 heteroatoms. The summed E-state index contributed by atoms with van der Waals surface area (Å²) in [5, 5.41) is 2.92. The van der Waals surface area contributed by atoms with Gasteiger partial charge in [-0.1, -0.05) is 22.0 Å². The van der Waals surface area contributed by atoms with Crippen molar-refractivity contribution in [2.45, 2.75) is 31.7 Å². The molecule has 1 aromatic rings. The average molecular weight is 334 g/mol. The zero-order valence-corrected chi connectivity index (χ0v) is 12.7. The molecule has 0 unspecified atom stereocenters. The lowest BCUT2D eigenvalue weighted by Crippen LogP contribution is -2.54. The Hall–Kier alpha value is -0.580. The normalized spacial score (nSPS) is 16.4. The number of aryl methyl sites for hydroxylation is 1. The van der Waals surface area contributed by atoms with Crippen molar-refractivity contribution < 1.29 is 4.79 Å². The van der Waals surface area contributed by atoms with E-state index < -0.39 is 0 Å². The van der Waals surface area contributed by atoms with Crippen LogP contribution in [-0.4, -0.2) is 18.0 Å². The zero-order valence-electron chi connectivity index (χ0n) is 10.3. The topological polar surface area (TPSA) is 55.1 Å². The first kappa shape index (κ1) is 15.5. The van der Waals surface area contributed by atoms with Crippen LogP contribution in [0.2, 0.25) is 0 Å². The maximum atomic E-state index is 12.0. The molecule has 1 aliphatic carbocycles. The molecule has 0 bridgehead atoms. The van der Waals surface area contributed by atoms with Gasteiger partial charge in [-0.05, 0) is 43.9 Å². The lowest BCUT2D eigenvalue weighted by Gasteiger charge is -2.38. The van der Waals surface area contributed by atoms with E-state index in [9.17, 15) is 4.79 Å². The second-order valence-corrected chi connectivity index (χ2v) is 5.77. The summed E-state index contributed by atoms with van der Waals surface area (Å²) in [5.41, 5.74) is 7.59. The number of benzene rings is 1. The molecule has 1 saturated carbocycles. The number of nitrogens with one attached hydrogen (secondary N) is 1. The van der Waals surface area contributed by atoms with Gasteiger partial charge in [0.1, 0.15) is 0 Å². The highest BCUT2D eigenvalue weighted by atomic mass is 79.9. The second-order valence-electron chi connectivity index (χ2n) is 4.86. The van der Waals surface area contributed by atoms with Crippen LogP contribution in [0, 0.1) is 6.92 Å². The Morgan fingerprint density at radius 2 is 2.17 bits per heavy atom. The molecule has 0 radical (unpaired) electrons. The number of hydrogen-bond donors (Lipinski definition) is 2. The summed E-state index contributed by atoms with van der Waals surface area (Å²) in [7, 11) is 0. The van der Waals surface area contributed by atoms with Crippen molar-refractivity contribution in [3.05, 3.63) is 33.8 Å². The van der Waals surface area contributed by atoms with Crippen LogP contribution in [0.15, 0.2) is 22.7 Å². The summed E-state index contributed by atoms with van der Waals surface area (Å²) in [4.78, 5) is 12.0. The first-order valence-electron chi connectivity index (χ1n) is 5.83. The molecule has 3 nitrogen and oxygen atoms in total. The zero-order chi connectivity index (χ0) is 12.5. The fraction of sp³-hybridized carbons (Fsp3) is 0.462. The van der Waals surface area contributed by atoms with Gasteiger partial charge in [0.2, 0.25) is 0 Å². The maximum Gasteiger partial charge on any atom is 0.251 e. The van der Waals surface area contributed by atoms with E-state index in [1.165, 1.54) is 6.42 Å². The first-order valence-corrected chi connectivity index (χ1v) is 6.63. The minimum atomic E-state index is -0.171. The number of carbonyl (C=O) groups excluding carboxylic acids is 1. The third-order valence-corrected chi connectivity index (χ3v) is 3.89. The summed E-state index contributed by atoms with van der Waals surface area (Å²) in [6, 6.07) is 5.71. The monoisotopic (exact) mass is 332 g/mol. The fourth-order valence-corrected chi connectivity index (χ4v) is 2.36. The van der Waals surface area contributed by atoms with Gasteiger partial charge in [-0.15, -0.1) is 12.4 Å². The third-order valence-electron chi connectivity index (χ3n) is 3.39. The smallest absolute Gasteiger partial charge is 0.251 e. The van der Waals surface area contributed by atoms with Crippen LogP contribution in [0.1, 0.15) is 35.2 Å². The Bertz CT molecular complexity index is 447. The Balaban J connectivity index is 0.00000162. The van der Waals surface area contributed by atoms with Crippen LogP contribution < -0.4 is 11.1 Å². The Labute approximate surface area is 122 Å². The van der Waals surface area contributed by atoms with Crippen molar-refractivity contribution in [3.8, 4) is 0 Å². The highest BCUT2D eigenvalue weighted by molar-refractivity contribution is 9.10. The molecular weight excluding hydrogens is 316 g/mol. The predicted octanol–water partition coefficient (Wildman–Crippen LogP) is 2.79. The molecule has 1 fully saturated rings. The molecule has 0 saturated heterocycles. The minimum Gasteiger partial charge on any atom is -0.350 e. The van der Waals surface area contributed by atoms with Crippen LogP contribution in [0.3, 0.4) is 0 Å². The van der Waals surface area contributed by atoms with Gasteiger partial charge in [0.05, 0.1) is 0 Å².